The van der Waals surface area contributed by atoms with Crippen molar-refractivity contribution in [1.82, 2.24) is 9.21 Å². The molecule has 1 saturated heterocycles. The molecule has 140 valence electrons. The Balaban J connectivity index is 1.97. The molecule has 2 rings (SSSR count). The van der Waals surface area contributed by atoms with Crippen LogP contribution in [0.3, 0.4) is 0 Å². The van der Waals surface area contributed by atoms with Crippen molar-refractivity contribution < 1.29 is 13.2 Å². The van der Waals surface area contributed by atoms with Crippen molar-refractivity contribution in [2.75, 3.05) is 38.0 Å². The van der Waals surface area contributed by atoms with Gasteiger partial charge in [0.2, 0.25) is 15.9 Å². The van der Waals surface area contributed by atoms with Gasteiger partial charge in [-0.2, -0.15) is 4.31 Å². The van der Waals surface area contributed by atoms with E-state index in [2.05, 4.69) is 17.1 Å². The van der Waals surface area contributed by atoms with E-state index >= 15 is 0 Å². The van der Waals surface area contributed by atoms with Crippen LogP contribution in [0.4, 0.5) is 5.69 Å². The minimum Gasteiger partial charge on any atom is -0.325 e. The summed E-state index contributed by atoms with van der Waals surface area (Å²) in [4.78, 5) is 14.6. The molecule has 0 spiro atoms. The fourth-order valence-electron chi connectivity index (χ4n) is 3.26. The molecule has 1 aliphatic rings. The monoisotopic (exact) mass is 367 g/mol. The molecular formula is C18H29N3O3S. The van der Waals surface area contributed by atoms with E-state index < -0.39 is 10.0 Å². The lowest BCUT2D eigenvalue weighted by Gasteiger charge is -2.30. The van der Waals surface area contributed by atoms with Crippen LogP contribution in [0.2, 0.25) is 0 Å². The first kappa shape index (κ1) is 19.9. The minimum atomic E-state index is -3.46. The van der Waals surface area contributed by atoms with Crippen LogP contribution in [0, 0.1) is 5.92 Å². The maximum Gasteiger partial charge on any atom is 0.243 e. The van der Waals surface area contributed by atoms with Crippen LogP contribution in [0.1, 0.15) is 33.6 Å². The highest BCUT2D eigenvalue weighted by Crippen LogP contribution is 2.19. The predicted molar refractivity (Wildman–Crippen MR) is 100 cm³/mol. The minimum absolute atomic E-state index is 0.0616. The highest BCUT2D eigenvalue weighted by Gasteiger charge is 2.22. The second kappa shape index (κ2) is 8.78. The molecule has 1 amide bonds. The van der Waals surface area contributed by atoms with Crippen LogP contribution in [-0.4, -0.2) is 56.3 Å². The lowest BCUT2D eigenvalue weighted by Crippen LogP contribution is -2.39. The third kappa shape index (κ3) is 5.26. The number of sulfonamides is 1. The molecule has 0 aliphatic carbocycles. The lowest BCUT2D eigenvalue weighted by molar-refractivity contribution is -0.117. The van der Waals surface area contributed by atoms with Gasteiger partial charge in [0, 0.05) is 25.3 Å². The van der Waals surface area contributed by atoms with E-state index in [0.717, 1.165) is 19.5 Å². The number of piperidine rings is 1. The van der Waals surface area contributed by atoms with Gasteiger partial charge < -0.3 is 5.32 Å². The van der Waals surface area contributed by atoms with E-state index in [1.54, 1.807) is 24.3 Å². The van der Waals surface area contributed by atoms with Crippen molar-refractivity contribution >= 4 is 21.6 Å². The van der Waals surface area contributed by atoms with Crippen LogP contribution in [0.25, 0.3) is 0 Å². The Morgan fingerprint density at radius 2 is 1.88 bits per heavy atom. The van der Waals surface area contributed by atoms with Gasteiger partial charge in [-0.05, 0) is 49.6 Å². The van der Waals surface area contributed by atoms with Crippen molar-refractivity contribution in [2.24, 2.45) is 5.92 Å². The van der Waals surface area contributed by atoms with E-state index in [9.17, 15) is 13.2 Å². The summed E-state index contributed by atoms with van der Waals surface area (Å²) < 4.78 is 26.3. The van der Waals surface area contributed by atoms with Crippen molar-refractivity contribution in [3.8, 4) is 0 Å². The molecular weight excluding hydrogens is 338 g/mol. The zero-order valence-electron chi connectivity index (χ0n) is 15.4. The number of benzene rings is 1. The van der Waals surface area contributed by atoms with Crippen molar-refractivity contribution in [2.45, 2.75) is 38.5 Å². The molecule has 1 heterocycles. The Labute approximate surface area is 151 Å². The smallest absolute Gasteiger partial charge is 0.243 e. The van der Waals surface area contributed by atoms with Gasteiger partial charge >= 0.3 is 0 Å². The van der Waals surface area contributed by atoms with Crippen LogP contribution in [0.5, 0.6) is 0 Å². The summed E-state index contributed by atoms with van der Waals surface area (Å²) in [5.74, 6) is 0.569. The predicted octanol–water partition coefficient (Wildman–Crippen LogP) is 2.39. The SMILES string of the molecule is CCN(CC)S(=O)(=O)c1ccc(NC(=O)CN2CCC[C@H](C)C2)cc1. The molecule has 1 aromatic carbocycles. The Morgan fingerprint density at radius 3 is 2.44 bits per heavy atom. The van der Waals surface area contributed by atoms with Gasteiger partial charge in [0.05, 0.1) is 11.4 Å². The van der Waals surface area contributed by atoms with E-state index in [1.165, 1.54) is 10.7 Å². The van der Waals surface area contributed by atoms with Crippen molar-refractivity contribution in [3.05, 3.63) is 24.3 Å². The second-order valence-electron chi connectivity index (χ2n) is 6.64. The van der Waals surface area contributed by atoms with Crippen LogP contribution < -0.4 is 5.32 Å². The van der Waals surface area contributed by atoms with Crippen molar-refractivity contribution in [1.29, 1.82) is 0 Å². The maximum absolute atomic E-state index is 12.5. The van der Waals surface area contributed by atoms with Gasteiger partial charge in [0.1, 0.15) is 0 Å². The molecule has 25 heavy (non-hydrogen) atoms. The lowest BCUT2D eigenvalue weighted by atomic mass is 10.0. The molecule has 1 fully saturated rings. The van der Waals surface area contributed by atoms with Gasteiger partial charge in [-0.1, -0.05) is 20.8 Å². The summed E-state index contributed by atoms with van der Waals surface area (Å²) in [5, 5.41) is 2.85. The molecule has 1 N–H and O–H groups in total. The zero-order chi connectivity index (χ0) is 18.4. The van der Waals surface area contributed by atoms with Gasteiger partial charge in [0.25, 0.3) is 0 Å². The molecule has 0 saturated carbocycles. The Morgan fingerprint density at radius 1 is 1.24 bits per heavy atom. The van der Waals surface area contributed by atoms with Gasteiger partial charge in [-0.3, -0.25) is 9.69 Å². The van der Waals surface area contributed by atoms with E-state index in [0.29, 0.717) is 31.2 Å². The van der Waals surface area contributed by atoms with E-state index in [1.807, 2.05) is 13.8 Å². The number of amides is 1. The molecule has 0 aromatic heterocycles. The number of likely N-dealkylation sites (tertiary alicyclic amines) is 1. The summed E-state index contributed by atoms with van der Waals surface area (Å²) in [6.45, 7) is 9.00. The van der Waals surface area contributed by atoms with E-state index in [-0.39, 0.29) is 10.8 Å². The number of nitrogens with zero attached hydrogens (tertiary/aromatic N) is 2. The summed E-state index contributed by atoms with van der Waals surface area (Å²) in [6.07, 6.45) is 2.35. The van der Waals surface area contributed by atoms with Crippen LogP contribution in [-0.2, 0) is 14.8 Å². The normalized spacial score (nSPS) is 19.1. The summed E-state index contributed by atoms with van der Waals surface area (Å²) in [7, 11) is -3.46. The number of carbonyl (C=O) groups excluding carboxylic acids is 1. The van der Waals surface area contributed by atoms with Crippen LogP contribution in [0.15, 0.2) is 29.2 Å². The molecule has 6 nitrogen and oxygen atoms in total. The summed E-state index contributed by atoms with van der Waals surface area (Å²) in [6, 6.07) is 6.39. The molecule has 1 atom stereocenters. The second-order valence-corrected chi connectivity index (χ2v) is 8.58. The molecule has 1 aromatic rings. The highest BCUT2D eigenvalue weighted by molar-refractivity contribution is 7.89. The van der Waals surface area contributed by atoms with Crippen LogP contribution >= 0.6 is 0 Å². The quantitative estimate of drug-likeness (QED) is 0.803. The van der Waals surface area contributed by atoms with E-state index in [4.69, 9.17) is 0 Å². The average molecular weight is 368 g/mol. The molecule has 0 bridgehead atoms. The number of hydrogen-bond acceptors (Lipinski definition) is 4. The molecule has 0 unspecified atom stereocenters. The first-order valence-corrected chi connectivity index (χ1v) is 10.4. The molecule has 0 radical (unpaired) electrons. The van der Waals surface area contributed by atoms with Gasteiger partial charge in [-0.15, -0.1) is 0 Å². The Kier molecular flexibility index (Phi) is 6.98. The third-order valence-electron chi connectivity index (χ3n) is 4.59. The third-order valence-corrected chi connectivity index (χ3v) is 6.65. The standard InChI is InChI=1S/C18H29N3O3S/c1-4-21(5-2)25(23,24)17-10-8-16(9-11-17)19-18(22)14-20-12-6-7-15(3)13-20/h8-11,15H,4-7,12-14H2,1-3H3,(H,19,22)/t15-/m0/s1. The van der Waals surface area contributed by atoms with Crippen molar-refractivity contribution in [3.63, 3.8) is 0 Å². The Hall–Kier alpha value is -1.44. The first-order chi connectivity index (χ1) is 11.9. The maximum atomic E-state index is 12.5. The van der Waals surface area contributed by atoms with Gasteiger partial charge in [-0.25, -0.2) is 8.42 Å². The number of hydrogen-bond donors (Lipinski definition) is 1. The molecule has 1 aliphatic heterocycles. The zero-order valence-corrected chi connectivity index (χ0v) is 16.2. The Bertz CT molecular complexity index is 669. The first-order valence-electron chi connectivity index (χ1n) is 8.99. The largest absolute Gasteiger partial charge is 0.325 e. The highest BCUT2D eigenvalue weighted by atomic mass is 32.2. The fourth-order valence-corrected chi connectivity index (χ4v) is 4.71. The molecule has 7 heteroatoms. The topological polar surface area (TPSA) is 69.7 Å². The number of anilines is 1. The number of nitrogens with one attached hydrogen (secondary N) is 1. The number of rotatable bonds is 7. The average Bonchev–Trinajstić information content (AvgIpc) is 2.56. The number of carbonyl (C=O) groups is 1. The summed E-state index contributed by atoms with van der Waals surface area (Å²) >= 11 is 0. The fraction of sp³-hybridized carbons (Fsp3) is 0.611. The van der Waals surface area contributed by atoms with Gasteiger partial charge in [0.15, 0.2) is 0 Å². The summed E-state index contributed by atoms with van der Waals surface area (Å²) in [5.41, 5.74) is 0.619.